The summed E-state index contributed by atoms with van der Waals surface area (Å²) in [5, 5.41) is 8.92. The maximum atomic E-state index is 11.0. The molecule has 0 radical (unpaired) electrons. The highest BCUT2D eigenvalue weighted by molar-refractivity contribution is 6.14. The van der Waals surface area contributed by atoms with Crippen molar-refractivity contribution in [1.29, 1.82) is 0 Å². The second kappa shape index (κ2) is 7.22. The number of hydrogen-bond donors (Lipinski definition) is 1. The minimum Gasteiger partial charge on any atom is -0.478 e. The van der Waals surface area contributed by atoms with Gasteiger partial charge in [0.05, 0.1) is 5.57 Å². The first-order valence-electron chi connectivity index (χ1n) is 6.92. The highest BCUT2D eigenvalue weighted by Crippen LogP contribution is 2.22. The topological polar surface area (TPSA) is 63.6 Å². The van der Waals surface area contributed by atoms with E-state index in [-0.39, 0.29) is 12.2 Å². The standard InChI is InChI=1S/C19H16O4/c1-3-18(20)23-12-14-4-6-16(7-5-14)17-10-8-15(9-11-17)13(2)19(21)22/h3-11H,1-2,12H2,(H,21,22). The van der Waals surface area contributed by atoms with Crippen LogP contribution in [-0.4, -0.2) is 17.0 Å². The van der Waals surface area contributed by atoms with E-state index in [0.717, 1.165) is 22.8 Å². The van der Waals surface area contributed by atoms with Crippen molar-refractivity contribution < 1.29 is 19.4 Å². The minimum absolute atomic E-state index is 0.0657. The van der Waals surface area contributed by atoms with Crippen LogP contribution < -0.4 is 0 Å². The number of ether oxygens (including phenoxy) is 1. The smallest absolute Gasteiger partial charge is 0.335 e. The van der Waals surface area contributed by atoms with Crippen molar-refractivity contribution in [1.82, 2.24) is 0 Å². The molecule has 1 N–H and O–H groups in total. The van der Waals surface area contributed by atoms with Crippen LogP contribution in [0.2, 0.25) is 0 Å². The number of carbonyl (C=O) groups excluding carboxylic acids is 1. The summed E-state index contributed by atoms with van der Waals surface area (Å²) >= 11 is 0. The van der Waals surface area contributed by atoms with Crippen molar-refractivity contribution in [3.05, 3.63) is 78.9 Å². The van der Waals surface area contributed by atoms with Crippen LogP contribution in [0, 0.1) is 0 Å². The van der Waals surface area contributed by atoms with Gasteiger partial charge in [0.25, 0.3) is 0 Å². The molecule has 0 heterocycles. The van der Waals surface area contributed by atoms with Gasteiger partial charge < -0.3 is 9.84 Å². The number of carbonyl (C=O) groups is 2. The zero-order valence-electron chi connectivity index (χ0n) is 12.5. The Balaban J connectivity index is 2.10. The molecular weight excluding hydrogens is 292 g/mol. The number of aliphatic carboxylic acids is 1. The molecule has 0 saturated heterocycles. The van der Waals surface area contributed by atoms with Gasteiger partial charge in [0.2, 0.25) is 0 Å². The van der Waals surface area contributed by atoms with Gasteiger partial charge in [0.15, 0.2) is 0 Å². The van der Waals surface area contributed by atoms with Gasteiger partial charge in [-0.3, -0.25) is 0 Å². The monoisotopic (exact) mass is 308 g/mol. The fraction of sp³-hybridized carbons (Fsp3) is 0.0526. The number of carboxylic acid groups (broad SMARTS) is 1. The van der Waals surface area contributed by atoms with E-state index in [4.69, 9.17) is 9.84 Å². The summed E-state index contributed by atoms with van der Waals surface area (Å²) in [4.78, 5) is 21.9. The summed E-state index contributed by atoms with van der Waals surface area (Å²) in [5.74, 6) is -1.49. The van der Waals surface area contributed by atoms with Gasteiger partial charge in [-0.25, -0.2) is 9.59 Å². The molecule has 2 rings (SSSR count). The van der Waals surface area contributed by atoms with Crippen LogP contribution in [0.1, 0.15) is 11.1 Å². The van der Waals surface area contributed by atoms with Crippen LogP contribution in [0.5, 0.6) is 0 Å². The molecule has 0 aliphatic heterocycles. The largest absolute Gasteiger partial charge is 0.478 e. The van der Waals surface area contributed by atoms with Crippen molar-refractivity contribution >= 4 is 17.5 Å². The third-order valence-electron chi connectivity index (χ3n) is 3.33. The molecule has 0 aromatic heterocycles. The van der Waals surface area contributed by atoms with Gasteiger partial charge in [-0.2, -0.15) is 0 Å². The predicted molar refractivity (Wildman–Crippen MR) is 88.5 cm³/mol. The van der Waals surface area contributed by atoms with E-state index in [1.165, 1.54) is 0 Å². The van der Waals surface area contributed by atoms with E-state index in [9.17, 15) is 9.59 Å². The lowest BCUT2D eigenvalue weighted by Gasteiger charge is -2.06. The molecule has 0 saturated carbocycles. The molecule has 23 heavy (non-hydrogen) atoms. The Kier molecular flexibility index (Phi) is 5.10. The van der Waals surface area contributed by atoms with Crippen LogP contribution in [0.4, 0.5) is 0 Å². The van der Waals surface area contributed by atoms with Crippen molar-refractivity contribution in [3.63, 3.8) is 0 Å². The van der Waals surface area contributed by atoms with Gasteiger partial charge in [0, 0.05) is 6.08 Å². The van der Waals surface area contributed by atoms with Crippen LogP contribution >= 0.6 is 0 Å². The number of esters is 1. The van der Waals surface area contributed by atoms with Crippen molar-refractivity contribution in [3.8, 4) is 11.1 Å². The normalized spacial score (nSPS) is 9.91. The molecule has 0 aliphatic rings. The van der Waals surface area contributed by atoms with E-state index >= 15 is 0 Å². The molecule has 0 bridgehead atoms. The zero-order valence-corrected chi connectivity index (χ0v) is 12.5. The summed E-state index contributed by atoms with van der Waals surface area (Å²) in [6.07, 6.45) is 1.13. The van der Waals surface area contributed by atoms with E-state index in [1.807, 2.05) is 36.4 Å². The Labute approximate surface area is 134 Å². The molecule has 4 heteroatoms. The Morgan fingerprint density at radius 3 is 2.00 bits per heavy atom. The zero-order chi connectivity index (χ0) is 16.8. The van der Waals surface area contributed by atoms with E-state index < -0.39 is 11.9 Å². The lowest BCUT2D eigenvalue weighted by molar-refractivity contribution is -0.139. The lowest BCUT2D eigenvalue weighted by atomic mass is 10.0. The van der Waals surface area contributed by atoms with Crippen LogP contribution in [0.3, 0.4) is 0 Å². The molecule has 4 nitrogen and oxygen atoms in total. The Hall–Kier alpha value is -3.14. The van der Waals surface area contributed by atoms with Gasteiger partial charge in [-0.1, -0.05) is 61.7 Å². The average Bonchev–Trinajstić information content (AvgIpc) is 2.59. The van der Waals surface area contributed by atoms with Gasteiger partial charge >= 0.3 is 11.9 Å². The fourth-order valence-corrected chi connectivity index (χ4v) is 1.99. The number of carboxylic acids is 1. The highest BCUT2D eigenvalue weighted by atomic mass is 16.5. The van der Waals surface area contributed by atoms with Crippen molar-refractivity contribution in [2.45, 2.75) is 6.61 Å². The summed E-state index contributed by atoms with van der Waals surface area (Å²) in [5.41, 5.74) is 3.46. The first kappa shape index (κ1) is 16.2. The second-order valence-electron chi connectivity index (χ2n) is 4.87. The molecule has 0 amide bonds. The Morgan fingerprint density at radius 2 is 1.52 bits per heavy atom. The SMILES string of the molecule is C=CC(=O)OCc1ccc(-c2ccc(C(=C)C(=O)O)cc2)cc1. The van der Waals surface area contributed by atoms with Crippen LogP contribution in [0.15, 0.2) is 67.8 Å². The molecule has 0 spiro atoms. The molecule has 0 fully saturated rings. The Morgan fingerprint density at radius 1 is 1.00 bits per heavy atom. The van der Waals surface area contributed by atoms with Crippen molar-refractivity contribution in [2.24, 2.45) is 0 Å². The second-order valence-corrected chi connectivity index (χ2v) is 4.87. The van der Waals surface area contributed by atoms with Crippen LogP contribution in [-0.2, 0) is 20.9 Å². The number of benzene rings is 2. The summed E-state index contributed by atoms with van der Waals surface area (Å²) in [6.45, 7) is 7.07. The third-order valence-corrected chi connectivity index (χ3v) is 3.33. The van der Waals surface area contributed by atoms with Crippen LogP contribution in [0.25, 0.3) is 16.7 Å². The molecule has 116 valence electrons. The number of rotatable bonds is 6. The van der Waals surface area contributed by atoms with E-state index in [2.05, 4.69) is 13.2 Å². The average molecular weight is 308 g/mol. The molecular formula is C19H16O4. The summed E-state index contributed by atoms with van der Waals surface area (Å²) in [6, 6.07) is 14.7. The molecule has 0 unspecified atom stereocenters. The first-order valence-corrected chi connectivity index (χ1v) is 6.92. The maximum absolute atomic E-state index is 11.0. The first-order chi connectivity index (χ1) is 11.0. The molecule has 2 aromatic carbocycles. The fourth-order valence-electron chi connectivity index (χ4n) is 1.99. The van der Waals surface area contributed by atoms with Gasteiger partial charge in [0.1, 0.15) is 6.61 Å². The minimum atomic E-state index is -1.03. The highest BCUT2D eigenvalue weighted by Gasteiger charge is 2.07. The molecule has 2 aromatic rings. The molecule has 0 atom stereocenters. The van der Waals surface area contributed by atoms with E-state index in [0.29, 0.717) is 5.56 Å². The number of hydrogen-bond acceptors (Lipinski definition) is 3. The lowest BCUT2D eigenvalue weighted by Crippen LogP contribution is -2.00. The predicted octanol–water partition coefficient (Wildman–Crippen LogP) is 3.68. The maximum Gasteiger partial charge on any atom is 0.335 e. The summed E-state index contributed by atoms with van der Waals surface area (Å²) < 4.78 is 4.97. The van der Waals surface area contributed by atoms with Gasteiger partial charge in [-0.05, 0) is 22.3 Å². The van der Waals surface area contributed by atoms with Gasteiger partial charge in [-0.15, -0.1) is 0 Å². The quantitative estimate of drug-likeness (QED) is 0.653. The van der Waals surface area contributed by atoms with E-state index in [1.54, 1.807) is 12.1 Å². The summed E-state index contributed by atoms with van der Waals surface area (Å²) in [7, 11) is 0. The molecule has 0 aliphatic carbocycles. The van der Waals surface area contributed by atoms with Crippen molar-refractivity contribution in [2.75, 3.05) is 0 Å². The Bertz CT molecular complexity index is 740. The third kappa shape index (κ3) is 4.17.